The Bertz CT molecular complexity index is 282. The SMILES string of the molecule is Cc1nn(C)c(Cl)c1CN(C)O. The molecule has 12 heavy (non-hydrogen) atoms. The molecule has 1 heterocycles. The second kappa shape index (κ2) is 3.43. The quantitative estimate of drug-likeness (QED) is 0.711. The molecule has 0 saturated heterocycles. The van der Waals surface area contributed by atoms with Gasteiger partial charge in [0.1, 0.15) is 5.15 Å². The fraction of sp³-hybridized carbons (Fsp3) is 0.571. The zero-order chi connectivity index (χ0) is 9.30. The van der Waals surface area contributed by atoms with Gasteiger partial charge in [-0.2, -0.15) is 10.2 Å². The van der Waals surface area contributed by atoms with Crippen molar-refractivity contribution in [1.29, 1.82) is 0 Å². The van der Waals surface area contributed by atoms with Gasteiger partial charge < -0.3 is 5.21 Å². The first kappa shape index (κ1) is 9.51. The fourth-order valence-electron chi connectivity index (χ4n) is 1.08. The van der Waals surface area contributed by atoms with Crippen molar-refractivity contribution in [2.24, 2.45) is 7.05 Å². The smallest absolute Gasteiger partial charge is 0.131 e. The maximum absolute atomic E-state index is 9.00. The van der Waals surface area contributed by atoms with Crippen LogP contribution in [-0.2, 0) is 13.6 Å². The Hall–Kier alpha value is -0.580. The Morgan fingerprint density at radius 1 is 1.67 bits per heavy atom. The van der Waals surface area contributed by atoms with Crippen LogP contribution in [0, 0.1) is 6.92 Å². The Morgan fingerprint density at radius 3 is 2.58 bits per heavy atom. The number of hydrogen-bond donors (Lipinski definition) is 1. The van der Waals surface area contributed by atoms with Gasteiger partial charge in [-0.05, 0) is 6.92 Å². The van der Waals surface area contributed by atoms with Gasteiger partial charge in [-0.3, -0.25) is 4.68 Å². The van der Waals surface area contributed by atoms with Crippen LogP contribution >= 0.6 is 11.6 Å². The molecular formula is C7H12ClN3O. The number of hydroxylamine groups is 2. The minimum absolute atomic E-state index is 0.401. The summed E-state index contributed by atoms with van der Waals surface area (Å²) in [6, 6.07) is 0. The van der Waals surface area contributed by atoms with Crippen LogP contribution in [0.1, 0.15) is 11.3 Å². The third kappa shape index (κ3) is 1.77. The highest BCUT2D eigenvalue weighted by atomic mass is 35.5. The second-order valence-corrected chi connectivity index (χ2v) is 3.15. The molecule has 0 bridgehead atoms. The van der Waals surface area contributed by atoms with Crippen molar-refractivity contribution in [3.63, 3.8) is 0 Å². The van der Waals surface area contributed by atoms with Crippen molar-refractivity contribution >= 4 is 11.6 Å². The fourth-order valence-corrected chi connectivity index (χ4v) is 1.32. The van der Waals surface area contributed by atoms with E-state index in [0.29, 0.717) is 11.7 Å². The first-order chi connectivity index (χ1) is 5.52. The zero-order valence-corrected chi connectivity index (χ0v) is 8.13. The molecule has 5 heteroatoms. The van der Waals surface area contributed by atoms with Gasteiger partial charge in [-0.15, -0.1) is 0 Å². The van der Waals surface area contributed by atoms with Crippen molar-refractivity contribution in [2.75, 3.05) is 7.05 Å². The van der Waals surface area contributed by atoms with Crippen LogP contribution in [0.4, 0.5) is 0 Å². The number of aryl methyl sites for hydroxylation is 2. The lowest BCUT2D eigenvalue weighted by molar-refractivity contribution is -0.0732. The summed E-state index contributed by atoms with van der Waals surface area (Å²) in [4.78, 5) is 0. The van der Waals surface area contributed by atoms with Crippen LogP contribution in [0.2, 0.25) is 5.15 Å². The predicted molar refractivity (Wildman–Crippen MR) is 46.2 cm³/mol. The highest BCUT2D eigenvalue weighted by molar-refractivity contribution is 6.30. The summed E-state index contributed by atoms with van der Waals surface area (Å²) in [5.41, 5.74) is 1.72. The van der Waals surface area contributed by atoms with Crippen LogP contribution < -0.4 is 0 Å². The van der Waals surface area contributed by atoms with Gasteiger partial charge in [0.25, 0.3) is 0 Å². The highest BCUT2D eigenvalue weighted by Crippen LogP contribution is 2.19. The van der Waals surface area contributed by atoms with Crippen molar-refractivity contribution in [1.82, 2.24) is 14.8 Å². The third-order valence-electron chi connectivity index (χ3n) is 1.66. The van der Waals surface area contributed by atoms with E-state index in [1.165, 1.54) is 0 Å². The summed E-state index contributed by atoms with van der Waals surface area (Å²) >= 11 is 5.92. The normalized spacial score (nSPS) is 11.2. The summed E-state index contributed by atoms with van der Waals surface area (Å²) in [6.07, 6.45) is 0. The number of aromatic nitrogens is 2. The Kier molecular flexibility index (Phi) is 2.72. The Labute approximate surface area is 76.3 Å². The molecule has 0 aliphatic rings. The topological polar surface area (TPSA) is 41.3 Å². The largest absolute Gasteiger partial charge is 0.314 e. The maximum atomic E-state index is 9.00. The highest BCUT2D eigenvalue weighted by Gasteiger charge is 2.11. The molecule has 0 aliphatic heterocycles. The van der Waals surface area contributed by atoms with Gasteiger partial charge in [-0.1, -0.05) is 11.6 Å². The summed E-state index contributed by atoms with van der Waals surface area (Å²) in [5.74, 6) is 0. The van der Waals surface area contributed by atoms with E-state index in [0.717, 1.165) is 16.3 Å². The third-order valence-corrected chi connectivity index (χ3v) is 2.13. The van der Waals surface area contributed by atoms with Crippen molar-refractivity contribution in [2.45, 2.75) is 13.5 Å². The van der Waals surface area contributed by atoms with Gasteiger partial charge in [-0.25, -0.2) is 0 Å². The van der Waals surface area contributed by atoms with Crippen LogP contribution in [0.3, 0.4) is 0 Å². The predicted octanol–water partition coefficient (Wildman–Crippen LogP) is 1.20. The van der Waals surface area contributed by atoms with Gasteiger partial charge in [0.2, 0.25) is 0 Å². The van der Waals surface area contributed by atoms with Crippen molar-refractivity contribution < 1.29 is 5.21 Å². The van der Waals surface area contributed by atoms with Crippen LogP contribution in [-0.4, -0.2) is 27.1 Å². The summed E-state index contributed by atoms with van der Waals surface area (Å²) in [5, 5.41) is 14.8. The summed E-state index contributed by atoms with van der Waals surface area (Å²) in [6.45, 7) is 2.27. The number of rotatable bonds is 2. The van der Waals surface area contributed by atoms with Gasteiger partial charge in [0.15, 0.2) is 0 Å². The lowest BCUT2D eigenvalue weighted by atomic mass is 10.2. The molecule has 68 valence electrons. The number of halogens is 1. The number of hydrogen-bond acceptors (Lipinski definition) is 3. The molecule has 1 aromatic heterocycles. The summed E-state index contributed by atoms with van der Waals surface area (Å²) in [7, 11) is 3.35. The standard InChI is InChI=1S/C7H12ClN3O/c1-5-6(4-10(2)12)7(8)11(3)9-5/h12H,4H2,1-3H3. The Morgan fingerprint density at radius 2 is 2.25 bits per heavy atom. The first-order valence-corrected chi connectivity index (χ1v) is 3.98. The van der Waals surface area contributed by atoms with E-state index in [1.54, 1.807) is 18.8 Å². The summed E-state index contributed by atoms with van der Waals surface area (Å²) < 4.78 is 1.59. The maximum Gasteiger partial charge on any atom is 0.131 e. The molecule has 0 atom stereocenters. The van der Waals surface area contributed by atoms with Gasteiger partial charge >= 0.3 is 0 Å². The molecular weight excluding hydrogens is 178 g/mol. The molecule has 0 aromatic carbocycles. The first-order valence-electron chi connectivity index (χ1n) is 3.60. The monoisotopic (exact) mass is 189 g/mol. The minimum atomic E-state index is 0.401. The van der Waals surface area contributed by atoms with Gasteiger partial charge in [0, 0.05) is 19.7 Å². The molecule has 0 saturated carbocycles. The molecule has 0 unspecified atom stereocenters. The lowest BCUT2D eigenvalue weighted by Crippen LogP contribution is -2.12. The minimum Gasteiger partial charge on any atom is -0.314 e. The molecule has 0 fully saturated rings. The van der Waals surface area contributed by atoms with Crippen LogP contribution in [0.25, 0.3) is 0 Å². The van der Waals surface area contributed by atoms with E-state index in [-0.39, 0.29) is 0 Å². The van der Waals surface area contributed by atoms with E-state index in [4.69, 9.17) is 16.8 Å². The van der Waals surface area contributed by atoms with Crippen LogP contribution in [0.15, 0.2) is 0 Å². The Balaban J connectivity index is 2.97. The molecule has 0 spiro atoms. The van der Waals surface area contributed by atoms with Crippen LogP contribution in [0.5, 0.6) is 0 Å². The van der Waals surface area contributed by atoms with Gasteiger partial charge in [0.05, 0.1) is 12.2 Å². The molecule has 0 radical (unpaired) electrons. The van der Waals surface area contributed by atoms with E-state index in [1.807, 2.05) is 6.92 Å². The molecule has 4 nitrogen and oxygen atoms in total. The molecule has 1 rings (SSSR count). The van der Waals surface area contributed by atoms with E-state index in [9.17, 15) is 0 Å². The molecule has 0 amide bonds. The van der Waals surface area contributed by atoms with Crippen molar-refractivity contribution in [3.05, 3.63) is 16.4 Å². The van der Waals surface area contributed by atoms with Crippen molar-refractivity contribution in [3.8, 4) is 0 Å². The van der Waals surface area contributed by atoms with E-state index < -0.39 is 0 Å². The molecule has 1 N–H and O–H groups in total. The average Bonchev–Trinajstić information content (AvgIpc) is 2.16. The van der Waals surface area contributed by atoms with E-state index in [2.05, 4.69) is 5.10 Å². The molecule has 0 aliphatic carbocycles. The number of nitrogens with zero attached hydrogens (tertiary/aromatic N) is 3. The second-order valence-electron chi connectivity index (χ2n) is 2.79. The average molecular weight is 190 g/mol. The molecule has 1 aromatic rings. The zero-order valence-electron chi connectivity index (χ0n) is 7.37. The van der Waals surface area contributed by atoms with E-state index >= 15 is 0 Å². The lowest BCUT2D eigenvalue weighted by Gasteiger charge is -2.06.